The van der Waals surface area contributed by atoms with E-state index in [0.29, 0.717) is 12.5 Å². The van der Waals surface area contributed by atoms with Gasteiger partial charge in [0.1, 0.15) is 0 Å². The summed E-state index contributed by atoms with van der Waals surface area (Å²) in [5.41, 5.74) is 1.21. The van der Waals surface area contributed by atoms with Gasteiger partial charge in [-0.15, -0.1) is 0 Å². The number of hydrogen-bond donors (Lipinski definition) is 0. The predicted molar refractivity (Wildman–Crippen MR) is 93.4 cm³/mol. The fourth-order valence-corrected chi connectivity index (χ4v) is 4.41. The molecule has 0 aromatic heterocycles. The largest absolute Gasteiger partial charge is 0.370 e. The van der Waals surface area contributed by atoms with Crippen LogP contribution in [-0.2, 0) is 16.1 Å². The maximum atomic E-state index is 6.47. The lowest BCUT2D eigenvalue weighted by atomic mass is 9.75. The zero-order valence-electron chi connectivity index (χ0n) is 14.3. The Hall–Kier alpha value is -1.38. The van der Waals surface area contributed by atoms with Gasteiger partial charge in [0.25, 0.3) is 0 Å². The van der Waals surface area contributed by atoms with Crippen molar-refractivity contribution in [2.75, 3.05) is 0 Å². The molecule has 23 heavy (non-hydrogen) atoms. The SMILES string of the molecule is CC(C)C12CCC(C)(O1)C(OCc1cccc3ccccc13)C2. The third-order valence-electron chi connectivity index (χ3n) is 6.07. The molecular formula is C21H26O2. The molecule has 2 nitrogen and oxygen atoms in total. The van der Waals surface area contributed by atoms with E-state index in [-0.39, 0.29) is 17.3 Å². The minimum atomic E-state index is -0.102. The molecule has 0 saturated carbocycles. The molecule has 122 valence electrons. The molecule has 2 saturated heterocycles. The van der Waals surface area contributed by atoms with E-state index < -0.39 is 0 Å². The van der Waals surface area contributed by atoms with Gasteiger partial charge in [-0.25, -0.2) is 0 Å². The predicted octanol–water partition coefficient (Wildman–Crippen LogP) is 5.09. The molecule has 2 heteroatoms. The average molecular weight is 310 g/mol. The van der Waals surface area contributed by atoms with Crippen LogP contribution < -0.4 is 0 Å². The Morgan fingerprint density at radius 3 is 2.70 bits per heavy atom. The topological polar surface area (TPSA) is 18.5 Å². The molecule has 2 heterocycles. The molecule has 0 spiro atoms. The van der Waals surface area contributed by atoms with Crippen LogP contribution in [0.1, 0.15) is 45.6 Å². The first-order chi connectivity index (χ1) is 11.0. The fourth-order valence-electron chi connectivity index (χ4n) is 4.41. The summed E-state index contributed by atoms with van der Waals surface area (Å²) in [5.74, 6) is 0.551. The minimum Gasteiger partial charge on any atom is -0.370 e. The second kappa shape index (κ2) is 5.32. The highest BCUT2D eigenvalue weighted by molar-refractivity contribution is 5.85. The first-order valence-electron chi connectivity index (χ1n) is 8.81. The van der Waals surface area contributed by atoms with Crippen LogP contribution in [0.15, 0.2) is 42.5 Å². The van der Waals surface area contributed by atoms with Crippen LogP contribution in [0, 0.1) is 5.92 Å². The molecule has 3 unspecified atom stereocenters. The number of rotatable bonds is 4. The van der Waals surface area contributed by atoms with Crippen molar-refractivity contribution in [2.45, 2.75) is 63.9 Å². The van der Waals surface area contributed by atoms with Crippen molar-refractivity contribution in [1.82, 2.24) is 0 Å². The van der Waals surface area contributed by atoms with E-state index in [0.717, 1.165) is 12.8 Å². The van der Waals surface area contributed by atoms with E-state index in [1.807, 2.05) is 0 Å². The molecular weight excluding hydrogens is 284 g/mol. The Labute approximate surface area is 138 Å². The van der Waals surface area contributed by atoms with E-state index in [9.17, 15) is 0 Å². The average Bonchev–Trinajstić information content (AvgIpc) is 3.05. The maximum Gasteiger partial charge on any atom is 0.0924 e. The molecule has 0 radical (unpaired) electrons. The zero-order chi connectivity index (χ0) is 16.1. The summed E-state index contributed by atoms with van der Waals surface area (Å²) < 4.78 is 12.9. The summed E-state index contributed by atoms with van der Waals surface area (Å²) in [6.45, 7) is 7.45. The van der Waals surface area contributed by atoms with E-state index in [2.05, 4.69) is 63.2 Å². The van der Waals surface area contributed by atoms with Crippen LogP contribution in [0.5, 0.6) is 0 Å². The van der Waals surface area contributed by atoms with E-state index >= 15 is 0 Å². The number of ether oxygens (including phenoxy) is 2. The van der Waals surface area contributed by atoms with Gasteiger partial charge in [0.2, 0.25) is 0 Å². The molecule has 2 aromatic carbocycles. The van der Waals surface area contributed by atoms with Crippen molar-refractivity contribution in [3.05, 3.63) is 48.0 Å². The molecule has 2 fully saturated rings. The third kappa shape index (κ3) is 2.40. The molecule has 2 aromatic rings. The van der Waals surface area contributed by atoms with Gasteiger partial charge >= 0.3 is 0 Å². The fraction of sp³-hybridized carbons (Fsp3) is 0.524. The lowest BCUT2D eigenvalue weighted by molar-refractivity contribution is -0.0958. The second-order valence-electron chi connectivity index (χ2n) is 7.78. The van der Waals surface area contributed by atoms with Gasteiger partial charge in [-0.1, -0.05) is 56.3 Å². The molecule has 0 amide bonds. The number of fused-ring (bicyclic) bond motifs is 3. The molecule has 4 rings (SSSR count). The summed E-state index contributed by atoms with van der Waals surface area (Å²) in [4.78, 5) is 0. The van der Waals surface area contributed by atoms with Crippen molar-refractivity contribution in [3.63, 3.8) is 0 Å². The summed E-state index contributed by atoms with van der Waals surface area (Å²) in [6, 6.07) is 15.0. The van der Waals surface area contributed by atoms with Gasteiger partial charge in [0, 0.05) is 6.42 Å². The third-order valence-corrected chi connectivity index (χ3v) is 6.07. The van der Waals surface area contributed by atoms with Crippen molar-refractivity contribution in [3.8, 4) is 0 Å². The van der Waals surface area contributed by atoms with Crippen molar-refractivity contribution in [2.24, 2.45) is 5.92 Å². The van der Waals surface area contributed by atoms with Crippen LogP contribution in [-0.4, -0.2) is 17.3 Å². The maximum absolute atomic E-state index is 6.47. The van der Waals surface area contributed by atoms with Crippen molar-refractivity contribution >= 4 is 10.8 Å². The normalized spacial score (nSPS) is 33.0. The van der Waals surface area contributed by atoms with E-state index in [1.165, 1.54) is 22.8 Å². The van der Waals surface area contributed by atoms with Gasteiger partial charge in [-0.3, -0.25) is 0 Å². The second-order valence-corrected chi connectivity index (χ2v) is 7.78. The number of benzene rings is 2. The minimum absolute atomic E-state index is 0.0399. The lowest BCUT2D eigenvalue weighted by Crippen LogP contribution is -2.38. The number of hydrogen-bond acceptors (Lipinski definition) is 2. The first-order valence-corrected chi connectivity index (χ1v) is 8.81. The highest BCUT2D eigenvalue weighted by Gasteiger charge is 2.60. The summed E-state index contributed by atoms with van der Waals surface area (Å²) in [5, 5.41) is 2.57. The molecule has 0 aliphatic carbocycles. The van der Waals surface area contributed by atoms with Gasteiger partial charge in [0.15, 0.2) is 0 Å². The van der Waals surface area contributed by atoms with Crippen LogP contribution in [0.3, 0.4) is 0 Å². The Kier molecular flexibility index (Phi) is 3.51. The van der Waals surface area contributed by atoms with E-state index in [4.69, 9.17) is 9.47 Å². The Morgan fingerprint density at radius 2 is 1.91 bits per heavy atom. The monoisotopic (exact) mass is 310 g/mol. The molecule has 2 aliphatic heterocycles. The standard InChI is InChI=1S/C21H26O2/c1-15(2)21-12-11-20(3,23-21)19(13-21)22-14-17-9-6-8-16-7-4-5-10-18(16)17/h4-10,15,19H,11-14H2,1-3H3. The summed E-state index contributed by atoms with van der Waals surface area (Å²) >= 11 is 0. The molecule has 0 N–H and O–H groups in total. The lowest BCUT2D eigenvalue weighted by Gasteiger charge is -2.31. The van der Waals surface area contributed by atoms with Crippen LogP contribution in [0.4, 0.5) is 0 Å². The van der Waals surface area contributed by atoms with Crippen molar-refractivity contribution < 1.29 is 9.47 Å². The van der Waals surface area contributed by atoms with Gasteiger partial charge < -0.3 is 9.47 Å². The highest BCUT2D eigenvalue weighted by Crippen LogP contribution is 2.55. The summed E-state index contributed by atoms with van der Waals surface area (Å²) in [6.07, 6.45) is 3.53. The molecule has 2 bridgehead atoms. The Balaban J connectivity index is 1.54. The van der Waals surface area contributed by atoms with Gasteiger partial charge in [0.05, 0.1) is 23.9 Å². The molecule has 3 atom stereocenters. The zero-order valence-corrected chi connectivity index (χ0v) is 14.3. The quantitative estimate of drug-likeness (QED) is 0.783. The van der Waals surface area contributed by atoms with Crippen LogP contribution in [0.25, 0.3) is 10.8 Å². The van der Waals surface area contributed by atoms with Gasteiger partial charge in [-0.2, -0.15) is 0 Å². The van der Waals surface area contributed by atoms with Crippen LogP contribution in [0.2, 0.25) is 0 Å². The van der Waals surface area contributed by atoms with Gasteiger partial charge in [-0.05, 0) is 42.0 Å². The Bertz CT molecular complexity index is 717. The first kappa shape index (κ1) is 15.2. The van der Waals surface area contributed by atoms with Crippen LogP contribution >= 0.6 is 0 Å². The van der Waals surface area contributed by atoms with Crippen molar-refractivity contribution in [1.29, 1.82) is 0 Å². The van der Waals surface area contributed by atoms with E-state index in [1.54, 1.807) is 0 Å². The Morgan fingerprint density at radius 1 is 1.13 bits per heavy atom. The smallest absolute Gasteiger partial charge is 0.0924 e. The molecule has 2 aliphatic rings. The summed E-state index contributed by atoms with van der Waals surface area (Å²) in [7, 11) is 0. The highest BCUT2D eigenvalue weighted by atomic mass is 16.6.